The molecule has 0 radical (unpaired) electrons. The summed E-state index contributed by atoms with van der Waals surface area (Å²) in [5.41, 5.74) is 0.125. The molecule has 1 aromatic carbocycles. The highest BCUT2D eigenvalue weighted by molar-refractivity contribution is 9.10. The standard InChI is InChI=1S/C12H16BrF2N/c1-4-16-12(7(2)3)11-9(14)5-8(13)6-10(11)15/h5-7,12,16H,4H2,1-3H3. The summed E-state index contributed by atoms with van der Waals surface area (Å²) in [6, 6.07) is 2.30. The third kappa shape index (κ3) is 3.01. The summed E-state index contributed by atoms with van der Waals surface area (Å²) in [6.45, 7) is 6.48. The molecule has 0 amide bonds. The van der Waals surface area contributed by atoms with Crippen molar-refractivity contribution in [2.24, 2.45) is 5.92 Å². The van der Waals surface area contributed by atoms with Crippen LogP contribution < -0.4 is 5.32 Å². The molecule has 1 unspecified atom stereocenters. The Kier molecular flexibility index (Phi) is 4.87. The van der Waals surface area contributed by atoms with Crippen molar-refractivity contribution in [2.45, 2.75) is 26.8 Å². The number of halogens is 3. The molecule has 1 nitrogen and oxygen atoms in total. The van der Waals surface area contributed by atoms with Gasteiger partial charge in [0.1, 0.15) is 11.6 Å². The van der Waals surface area contributed by atoms with Crippen LogP contribution in [0.5, 0.6) is 0 Å². The molecule has 0 aliphatic rings. The van der Waals surface area contributed by atoms with Crippen molar-refractivity contribution in [2.75, 3.05) is 6.54 Å². The first-order chi connectivity index (χ1) is 7.47. The largest absolute Gasteiger partial charge is 0.310 e. The lowest BCUT2D eigenvalue weighted by atomic mass is 9.95. The number of hydrogen-bond donors (Lipinski definition) is 1. The van der Waals surface area contributed by atoms with Gasteiger partial charge in [0.05, 0.1) is 0 Å². The SMILES string of the molecule is CCNC(c1c(F)cc(Br)cc1F)C(C)C. The van der Waals surface area contributed by atoms with E-state index in [0.717, 1.165) is 0 Å². The van der Waals surface area contributed by atoms with Crippen LogP contribution in [0.25, 0.3) is 0 Å². The van der Waals surface area contributed by atoms with E-state index in [-0.39, 0.29) is 17.5 Å². The van der Waals surface area contributed by atoms with Crippen LogP contribution in [0.4, 0.5) is 8.78 Å². The fourth-order valence-electron chi connectivity index (χ4n) is 1.74. The highest BCUT2D eigenvalue weighted by Gasteiger charge is 2.22. The van der Waals surface area contributed by atoms with Gasteiger partial charge in [-0.25, -0.2) is 8.78 Å². The average molecular weight is 292 g/mol. The minimum absolute atomic E-state index is 0.125. The summed E-state index contributed by atoms with van der Waals surface area (Å²) < 4.78 is 27.9. The summed E-state index contributed by atoms with van der Waals surface area (Å²) in [7, 11) is 0. The predicted octanol–water partition coefficient (Wildman–Crippen LogP) is 4.03. The van der Waals surface area contributed by atoms with Crippen molar-refractivity contribution in [1.29, 1.82) is 0 Å². The van der Waals surface area contributed by atoms with E-state index in [1.54, 1.807) is 0 Å². The molecule has 1 N–H and O–H groups in total. The molecule has 0 fully saturated rings. The molecule has 0 aliphatic heterocycles. The van der Waals surface area contributed by atoms with Crippen LogP contribution in [-0.4, -0.2) is 6.54 Å². The molecule has 0 heterocycles. The van der Waals surface area contributed by atoms with Crippen LogP contribution in [0, 0.1) is 17.6 Å². The summed E-state index contributed by atoms with van der Waals surface area (Å²) in [5.74, 6) is -0.886. The maximum absolute atomic E-state index is 13.7. The van der Waals surface area contributed by atoms with Crippen molar-refractivity contribution in [1.82, 2.24) is 5.32 Å². The van der Waals surface area contributed by atoms with Gasteiger partial charge in [0.2, 0.25) is 0 Å². The van der Waals surface area contributed by atoms with Gasteiger partial charge in [-0.3, -0.25) is 0 Å². The molecule has 0 saturated heterocycles. The summed E-state index contributed by atoms with van der Waals surface area (Å²) in [5, 5.41) is 3.10. The van der Waals surface area contributed by atoms with Crippen LogP contribution in [0.2, 0.25) is 0 Å². The van der Waals surface area contributed by atoms with Gasteiger partial charge >= 0.3 is 0 Å². The number of nitrogens with one attached hydrogen (secondary N) is 1. The Morgan fingerprint density at radius 3 is 2.12 bits per heavy atom. The normalized spacial score (nSPS) is 13.2. The first kappa shape index (κ1) is 13.6. The van der Waals surface area contributed by atoms with E-state index in [2.05, 4.69) is 21.2 Å². The van der Waals surface area contributed by atoms with Gasteiger partial charge < -0.3 is 5.32 Å². The van der Waals surface area contributed by atoms with Crippen LogP contribution in [0.15, 0.2) is 16.6 Å². The summed E-state index contributed by atoms with van der Waals surface area (Å²) in [4.78, 5) is 0. The highest BCUT2D eigenvalue weighted by Crippen LogP contribution is 2.29. The Morgan fingerprint density at radius 2 is 1.75 bits per heavy atom. The van der Waals surface area contributed by atoms with Gasteiger partial charge in [-0.1, -0.05) is 36.7 Å². The van der Waals surface area contributed by atoms with Crippen molar-refractivity contribution < 1.29 is 8.78 Å². The molecule has 0 bridgehead atoms. The van der Waals surface area contributed by atoms with Gasteiger partial charge in [0, 0.05) is 16.1 Å². The van der Waals surface area contributed by atoms with Gasteiger partial charge in [-0.15, -0.1) is 0 Å². The van der Waals surface area contributed by atoms with E-state index >= 15 is 0 Å². The molecule has 1 aromatic rings. The molecule has 1 atom stereocenters. The number of rotatable bonds is 4. The number of hydrogen-bond acceptors (Lipinski definition) is 1. The average Bonchev–Trinajstić information content (AvgIpc) is 2.14. The minimum atomic E-state index is -0.508. The quantitative estimate of drug-likeness (QED) is 0.883. The van der Waals surface area contributed by atoms with Crippen LogP contribution in [-0.2, 0) is 0 Å². The maximum Gasteiger partial charge on any atom is 0.132 e. The molecule has 0 aromatic heterocycles. The molecule has 90 valence electrons. The van der Waals surface area contributed by atoms with Crippen molar-refractivity contribution in [3.05, 3.63) is 33.8 Å². The molecular weight excluding hydrogens is 276 g/mol. The highest BCUT2D eigenvalue weighted by atomic mass is 79.9. The van der Waals surface area contributed by atoms with Crippen LogP contribution >= 0.6 is 15.9 Å². The second kappa shape index (κ2) is 5.73. The molecule has 0 aliphatic carbocycles. The van der Waals surface area contributed by atoms with E-state index < -0.39 is 11.6 Å². The zero-order valence-corrected chi connectivity index (χ0v) is 11.2. The van der Waals surface area contributed by atoms with Crippen molar-refractivity contribution >= 4 is 15.9 Å². The van der Waals surface area contributed by atoms with Gasteiger partial charge in [-0.05, 0) is 24.6 Å². The third-order valence-electron chi connectivity index (χ3n) is 2.45. The van der Waals surface area contributed by atoms with E-state index in [1.807, 2.05) is 20.8 Å². The Balaban J connectivity index is 3.18. The molecule has 1 rings (SSSR count). The van der Waals surface area contributed by atoms with Crippen molar-refractivity contribution in [3.8, 4) is 0 Å². The zero-order valence-electron chi connectivity index (χ0n) is 9.65. The molecule has 0 spiro atoms. The second-order valence-corrected chi connectivity index (χ2v) is 4.98. The lowest BCUT2D eigenvalue weighted by Gasteiger charge is -2.23. The molecular formula is C12H16BrF2N. The third-order valence-corrected chi connectivity index (χ3v) is 2.90. The number of benzene rings is 1. The van der Waals surface area contributed by atoms with Crippen LogP contribution in [0.1, 0.15) is 32.4 Å². The van der Waals surface area contributed by atoms with Crippen LogP contribution in [0.3, 0.4) is 0 Å². The summed E-state index contributed by atoms with van der Waals surface area (Å²) >= 11 is 3.07. The Bertz CT molecular complexity index is 343. The Morgan fingerprint density at radius 1 is 1.25 bits per heavy atom. The zero-order chi connectivity index (χ0) is 12.3. The lowest BCUT2D eigenvalue weighted by Crippen LogP contribution is -2.27. The van der Waals surface area contributed by atoms with E-state index in [1.165, 1.54) is 12.1 Å². The Hall–Kier alpha value is -0.480. The smallest absolute Gasteiger partial charge is 0.132 e. The second-order valence-electron chi connectivity index (χ2n) is 4.06. The van der Waals surface area contributed by atoms with E-state index in [9.17, 15) is 8.78 Å². The maximum atomic E-state index is 13.7. The van der Waals surface area contributed by atoms with Gasteiger partial charge in [0.25, 0.3) is 0 Å². The van der Waals surface area contributed by atoms with E-state index in [4.69, 9.17) is 0 Å². The minimum Gasteiger partial charge on any atom is -0.310 e. The van der Waals surface area contributed by atoms with Gasteiger partial charge in [-0.2, -0.15) is 0 Å². The van der Waals surface area contributed by atoms with Gasteiger partial charge in [0.15, 0.2) is 0 Å². The van der Waals surface area contributed by atoms with Crippen molar-refractivity contribution in [3.63, 3.8) is 0 Å². The first-order valence-corrected chi connectivity index (χ1v) is 6.14. The fourth-order valence-corrected chi connectivity index (χ4v) is 2.14. The monoisotopic (exact) mass is 291 g/mol. The first-order valence-electron chi connectivity index (χ1n) is 5.35. The Labute approximate surface area is 103 Å². The predicted molar refractivity (Wildman–Crippen MR) is 65.3 cm³/mol. The van der Waals surface area contributed by atoms with E-state index in [0.29, 0.717) is 11.0 Å². The topological polar surface area (TPSA) is 12.0 Å². The molecule has 4 heteroatoms. The molecule has 16 heavy (non-hydrogen) atoms. The molecule has 0 saturated carbocycles. The lowest BCUT2D eigenvalue weighted by molar-refractivity contribution is 0.387. The summed E-state index contributed by atoms with van der Waals surface area (Å²) in [6.07, 6.45) is 0. The fraction of sp³-hybridized carbons (Fsp3) is 0.500.